The Kier molecular flexibility index (Phi) is 2.77. The number of furan rings is 1. The predicted molar refractivity (Wildman–Crippen MR) is 77.9 cm³/mol. The maximum atomic E-state index is 12.2. The monoisotopic (exact) mass is 281 g/mol. The summed E-state index contributed by atoms with van der Waals surface area (Å²) in [4.78, 5) is 12.2. The van der Waals surface area contributed by atoms with E-state index in [1.807, 2.05) is 35.1 Å². The van der Waals surface area contributed by atoms with E-state index < -0.39 is 0 Å². The Hall–Kier alpha value is -2.56. The number of fused-ring (bicyclic) bond motifs is 1. The highest BCUT2D eigenvalue weighted by molar-refractivity contribution is 5.94. The van der Waals surface area contributed by atoms with Crippen LogP contribution in [-0.2, 0) is 6.54 Å². The number of benzene rings is 1. The van der Waals surface area contributed by atoms with Crippen LogP contribution in [0.15, 0.2) is 47.3 Å². The first-order valence-corrected chi connectivity index (χ1v) is 7.09. The summed E-state index contributed by atoms with van der Waals surface area (Å²) in [7, 11) is 0. The molecule has 1 aromatic carbocycles. The Balaban J connectivity index is 1.48. The van der Waals surface area contributed by atoms with Crippen LogP contribution in [0, 0.1) is 0 Å². The molecule has 106 valence electrons. The number of hydrogen-bond acceptors (Lipinski definition) is 3. The summed E-state index contributed by atoms with van der Waals surface area (Å²) in [5.41, 5.74) is 2.49. The standard InChI is InChI=1S/C16H15N3O2/c20-16(12-9-18-19(10-12)13-4-5-13)17-8-11-2-1-3-15-14(11)6-7-21-15/h1-3,6-7,9-10,13H,4-5,8H2,(H,17,20). The Labute approximate surface area is 121 Å². The van der Waals surface area contributed by atoms with Crippen molar-refractivity contribution in [1.29, 1.82) is 0 Å². The Bertz CT molecular complexity index is 799. The van der Waals surface area contributed by atoms with Crippen molar-refractivity contribution in [1.82, 2.24) is 15.1 Å². The van der Waals surface area contributed by atoms with Crippen molar-refractivity contribution in [2.75, 3.05) is 0 Å². The van der Waals surface area contributed by atoms with Crippen molar-refractivity contribution in [3.05, 3.63) is 54.0 Å². The van der Waals surface area contributed by atoms with Gasteiger partial charge in [0, 0.05) is 18.1 Å². The zero-order valence-electron chi connectivity index (χ0n) is 11.5. The van der Waals surface area contributed by atoms with Crippen LogP contribution in [0.5, 0.6) is 0 Å². The van der Waals surface area contributed by atoms with E-state index in [9.17, 15) is 4.79 Å². The van der Waals surface area contributed by atoms with Gasteiger partial charge in [0.25, 0.3) is 5.91 Å². The molecule has 1 aliphatic carbocycles. The molecule has 4 rings (SSSR count). The van der Waals surface area contributed by atoms with Crippen LogP contribution < -0.4 is 5.32 Å². The molecule has 1 amide bonds. The van der Waals surface area contributed by atoms with Gasteiger partial charge in [0.1, 0.15) is 5.58 Å². The molecule has 3 aromatic rings. The van der Waals surface area contributed by atoms with Crippen molar-refractivity contribution < 1.29 is 9.21 Å². The molecule has 5 nitrogen and oxygen atoms in total. The van der Waals surface area contributed by atoms with E-state index in [4.69, 9.17) is 4.42 Å². The third kappa shape index (κ3) is 2.31. The summed E-state index contributed by atoms with van der Waals surface area (Å²) in [6, 6.07) is 8.25. The first-order chi connectivity index (χ1) is 10.3. The quantitative estimate of drug-likeness (QED) is 0.800. The van der Waals surface area contributed by atoms with E-state index in [1.54, 1.807) is 12.5 Å². The van der Waals surface area contributed by atoms with Crippen LogP contribution in [0.25, 0.3) is 11.0 Å². The van der Waals surface area contributed by atoms with E-state index in [2.05, 4.69) is 10.4 Å². The van der Waals surface area contributed by atoms with Gasteiger partial charge in [0.15, 0.2) is 0 Å². The summed E-state index contributed by atoms with van der Waals surface area (Å²) in [5.74, 6) is -0.0950. The number of carbonyl (C=O) groups excluding carboxylic acids is 1. The predicted octanol–water partition coefficient (Wildman–Crippen LogP) is 2.89. The molecule has 1 saturated carbocycles. The molecule has 1 N–H and O–H groups in total. The number of amides is 1. The average Bonchev–Trinajstić information content (AvgIpc) is 3.04. The van der Waals surface area contributed by atoms with Crippen LogP contribution in [0.2, 0.25) is 0 Å². The minimum atomic E-state index is -0.0950. The van der Waals surface area contributed by atoms with Gasteiger partial charge < -0.3 is 9.73 Å². The summed E-state index contributed by atoms with van der Waals surface area (Å²) >= 11 is 0. The summed E-state index contributed by atoms with van der Waals surface area (Å²) in [6.07, 6.45) is 7.43. The van der Waals surface area contributed by atoms with E-state index in [0.29, 0.717) is 18.2 Å². The van der Waals surface area contributed by atoms with Gasteiger partial charge in [-0.05, 0) is 30.5 Å². The van der Waals surface area contributed by atoms with Crippen molar-refractivity contribution in [2.45, 2.75) is 25.4 Å². The van der Waals surface area contributed by atoms with Crippen molar-refractivity contribution in [2.24, 2.45) is 0 Å². The third-order valence-corrected chi connectivity index (χ3v) is 3.81. The molecule has 0 saturated heterocycles. The average molecular weight is 281 g/mol. The molecule has 21 heavy (non-hydrogen) atoms. The van der Waals surface area contributed by atoms with Gasteiger partial charge in [0.2, 0.25) is 0 Å². The zero-order chi connectivity index (χ0) is 14.2. The number of hydrogen-bond donors (Lipinski definition) is 1. The lowest BCUT2D eigenvalue weighted by Crippen LogP contribution is -2.22. The Morgan fingerprint density at radius 3 is 3.14 bits per heavy atom. The van der Waals surface area contributed by atoms with Gasteiger partial charge in [-0.2, -0.15) is 5.10 Å². The van der Waals surface area contributed by atoms with Gasteiger partial charge >= 0.3 is 0 Å². The Morgan fingerprint density at radius 1 is 1.38 bits per heavy atom. The highest BCUT2D eigenvalue weighted by atomic mass is 16.3. The van der Waals surface area contributed by atoms with Crippen molar-refractivity contribution >= 4 is 16.9 Å². The topological polar surface area (TPSA) is 60.1 Å². The lowest BCUT2D eigenvalue weighted by atomic mass is 10.1. The van der Waals surface area contributed by atoms with Crippen LogP contribution in [0.3, 0.4) is 0 Å². The van der Waals surface area contributed by atoms with Gasteiger partial charge in [-0.1, -0.05) is 12.1 Å². The maximum Gasteiger partial charge on any atom is 0.254 e. The van der Waals surface area contributed by atoms with Gasteiger partial charge in [-0.3, -0.25) is 9.48 Å². The normalized spacial score (nSPS) is 14.5. The second-order valence-electron chi connectivity index (χ2n) is 5.37. The molecule has 0 atom stereocenters. The summed E-state index contributed by atoms with van der Waals surface area (Å²) < 4.78 is 7.24. The Morgan fingerprint density at radius 2 is 2.29 bits per heavy atom. The molecule has 0 aliphatic heterocycles. The number of carbonyl (C=O) groups is 1. The first kappa shape index (κ1) is 12.2. The molecule has 1 aliphatic rings. The lowest BCUT2D eigenvalue weighted by molar-refractivity contribution is 0.0951. The second kappa shape index (κ2) is 4.77. The highest BCUT2D eigenvalue weighted by Crippen LogP contribution is 2.33. The number of nitrogens with zero attached hydrogens (tertiary/aromatic N) is 2. The molecule has 2 heterocycles. The molecular formula is C16H15N3O2. The molecule has 0 radical (unpaired) electrons. The fourth-order valence-electron chi connectivity index (χ4n) is 2.48. The first-order valence-electron chi connectivity index (χ1n) is 7.09. The van der Waals surface area contributed by atoms with E-state index in [1.165, 1.54) is 0 Å². The largest absolute Gasteiger partial charge is 0.464 e. The van der Waals surface area contributed by atoms with E-state index >= 15 is 0 Å². The second-order valence-corrected chi connectivity index (χ2v) is 5.37. The van der Waals surface area contributed by atoms with Crippen LogP contribution >= 0.6 is 0 Å². The molecule has 2 aromatic heterocycles. The molecular weight excluding hydrogens is 266 g/mol. The van der Waals surface area contributed by atoms with Crippen LogP contribution in [0.1, 0.15) is 34.8 Å². The highest BCUT2D eigenvalue weighted by Gasteiger charge is 2.25. The third-order valence-electron chi connectivity index (χ3n) is 3.81. The zero-order valence-corrected chi connectivity index (χ0v) is 11.5. The van der Waals surface area contributed by atoms with Gasteiger partial charge in [-0.15, -0.1) is 0 Å². The van der Waals surface area contributed by atoms with Gasteiger partial charge in [0.05, 0.1) is 24.1 Å². The van der Waals surface area contributed by atoms with Crippen LogP contribution in [0.4, 0.5) is 0 Å². The number of aromatic nitrogens is 2. The SMILES string of the molecule is O=C(NCc1cccc2occc12)c1cnn(C2CC2)c1. The minimum absolute atomic E-state index is 0.0950. The van der Waals surface area contributed by atoms with E-state index in [-0.39, 0.29) is 5.91 Å². The molecule has 5 heteroatoms. The lowest BCUT2D eigenvalue weighted by Gasteiger charge is -2.04. The number of rotatable bonds is 4. The number of nitrogens with one attached hydrogen (secondary N) is 1. The maximum absolute atomic E-state index is 12.2. The summed E-state index contributed by atoms with van der Waals surface area (Å²) in [6.45, 7) is 0.477. The van der Waals surface area contributed by atoms with Crippen molar-refractivity contribution in [3.8, 4) is 0 Å². The molecule has 0 unspecified atom stereocenters. The van der Waals surface area contributed by atoms with Gasteiger partial charge in [-0.25, -0.2) is 0 Å². The smallest absolute Gasteiger partial charge is 0.254 e. The van der Waals surface area contributed by atoms with E-state index in [0.717, 1.165) is 29.4 Å². The summed E-state index contributed by atoms with van der Waals surface area (Å²) in [5, 5.41) is 8.21. The fourth-order valence-corrected chi connectivity index (χ4v) is 2.48. The van der Waals surface area contributed by atoms with Crippen LogP contribution in [-0.4, -0.2) is 15.7 Å². The minimum Gasteiger partial charge on any atom is -0.464 e. The molecule has 0 spiro atoms. The molecule has 1 fully saturated rings. The molecule has 0 bridgehead atoms. The van der Waals surface area contributed by atoms with Crippen molar-refractivity contribution in [3.63, 3.8) is 0 Å². The fraction of sp³-hybridized carbons (Fsp3) is 0.250.